The first-order valence-electron chi connectivity index (χ1n) is 11.5. The number of benzene rings is 3. The summed E-state index contributed by atoms with van der Waals surface area (Å²) in [5.41, 5.74) is 3.74. The van der Waals surface area contributed by atoms with E-state index >= 15 is 0 Å². The maximum absolute atomic E-state index is 14.3. The van der Waals surface area contributed by atoms with Crippen molar-refractivity contribution in [1.29, 1.82) is 0 Å². The fourth-order valence-corrected chi connectivity index (χ4v) is 6.51. The van der Waals surface area contributed by atoms with Crippen molar-refractivity contribution in [2.45, 2.75) is 37.3 Å². The minimum Gasteiger partial charge on any atom is -0.324 e. The molecule has 0 bridgehead atoms. The molecule has 32 heavy (non-hydrogen) atoms. The van der Waals surface area contributed by atoms with Crippen LogP contribution in [0.2, 0.25) is 0 Å². The molecule has 4 nitrogen and oxygen atoms in total. The lowest BCUT2D eigenvalue weighted by molar-refractivity contribution is -0.127. The van der Waals surface area contributed by atoms with Crippen molar-refractivity contribution in [3.8, 4) is 0 Å². The van der Waals surface area contributed by atoms with Crippen LogP contribution in [-0.4, -0.2) is 29.2 Å². The first-order valence-corrected chi connectivity index (χ1v) is 11.5. The van der Waals surface area contributed by atoms with Gasteiger partial charge in [0.05, 0.1) is 5.92 Å². The van der Waals surface area contributed by atoms with Gasteiger partial charge in [-0.1, -0.05) is 78.4 Å². The van der Waals surface area contributed by atoms with Crippen LogP contribution >= 0.6 is 0 Å². The zero-order chi connectivity index (χ0) is 21.9. The van der Waals surface area contributed by atoms with Gasteiger partial charge in [-0.2, -0.15) is 0 Å². The summed E-state index contributed by atoms with van der Waals surface area (Å²) in [5, 5.41) is 3.15. The molecule has 0 aromatic heterocycles. The van der Waals surface area contributed by atoms with Gasteiger partial charge in [0.25, 0.3) is 0 Å². The third-order valence-electron chi connectivity index (χ3n) is 7.68. The van der Waals surface area contributed by atoms with Crippen molar-refractivity contribution >= 4 is 17.4 Å². The van der Waals surface area contributed by atoms with Gasteiger partial charge in [0, 0.05) is 28.8 Å². The average molecular weight is 423 g/mol. The van der Waals surface area contributed by atoms with Crippen molar-refractivity contribution in [1.82, 2.24) is 4.90 Å². The molecular formula is C28H26N2O2. The van der Waals surface area contributed by atoms with Crippen LogP contribution in [0.25, 0.3) is 0 Å². The van der Waals surface area contributed by atoms with Gasteiger partial charge < -0.3 is 5.32 Å². The molecule has 3 unspecified atom stereocenters. The number of carbonyl (C=O) groups excluding carboxylic acids is 2. The number of carbonyl (C=O) groups is 2. The molecule has 3 aromatic carbocycles. The fourth-order valence-electron chi connectivity index (χ4n) is 6.51. The van der Waals surface area contributed by atoms with Crippen LogP contribution in [-0.2, 0) is 10.3 Å². The van der Waals surface area contributed by atoms with E-state index in [4.69, 9.17) is 0 Å². The monoisotopic (exact) mass is 422 g/mol. The number of amides is 1. The molecule has 0 radical (unpaired) electrons. The molecule has 2 saturated heterocycles. The first kappa shape index (κ1) is 19.4. The number of hydrogen-bond acceptors (Lipinski definition) is 3. The van der Waals surface area contributed by atoms with Crippen LogP contribution in [0, 0.1) is 12.8 Å². The zero-order valence-corrected chi connectivity index (χ0v) is 18.1. The third kappa shape index (κ3) is 2.53. The van der Waals surface area contributed by atoms with Crippen LogP contribution in [0.15, 0.2) is 78.9 Å². The summed E-state index contributed by atoms with van der Waals surface area (Å²) in [4.78, 5) is 30.5. The van der Waals surface area contributed by atoms with Crippen LogP contribution in [0.3, 0.4) is 0 Å². The van der Waals surface area contributed by atoms with E-state index in [1.165, 1.54) is 0 Å². The Labute approximate surface area is 188 Å². The van der Waals surface area contributed by atoms with Gasteiger partial charge in [-0.3, -0.25) is 14.5 Å². The first-order chi connectivity index (χ1) is 15.6. The van der Waals surface area contributed by atoms with Gasteiger partial charge in [0.15, 0.2) is 5.78 Å². The predicted octanol–water partition coefficient (Wildman–Crippen LogP) is 4.90. The molecule has 2 fully saturated rings. The maximum atomic E-state index is 14.3. The average Bonchev–Trinajstić information content (AvgIpc) is 3.48. The minimum atomic E-state index is -0.976. The number of rotatable bonds is 3. The minimum absolute atomic E-state index is 0.0383. The van der Waals surface area contributed by atoms with Gasteiger partial charge in [-0.15, -0.1) is 0 Å². The number of aryl methyl sites for hydroxylation is 1. The summed E-state index contributed by atoms with van der Waals surface area (Å²) >= 11 is 0. The Morgan fingerprint density at radius 3 is 2.47 bits per heavy atom. The topological polar surface area (TPSA) is 49.4 Å². The highest BCUT2D eigenvalue weighted by molar-refractivity contribution is 6.12. The van der Waals surface area contributed by atoms with Crippen molar-refractivity contribution in [3.63, 3.8) is 0 Å². The smallest absolute Gasteiger partial charge is 0.250 e. The molecule has 160 valence electrons. The maximum Gasteiger partial charge on any atom is 0.250 e. The van der Waals surface area contributed by atoms with E-state index in [1.807, 2.05) is 60.7 Å². The lowest BCUT2D eigenvalue weighted by Gasteiger charge is -2.37. The summed E-state index contributed by atoms with van der Waals surface area (Å²) in [6.45, 7) is 2.88. The van der Waals surface area contributed by atoms with E-state index in [9.17, 15) is 9.59 Å². The molecule has 3 heterocycles. The summed E-state index contributed by atoms with van der Waals surface area (Å²) in [7, 11) is 0. The van der Waals surface area contributed by atoms with Crippen molar-refractivity contribution in [2.75, 3.05) is 11.9 Å². The summed E-state index contributed by atoms with van der Waals surface area (Å²) in [6.07, 6.45) is 2.03. The lowest BCUT2D eigenvalue weighted by atomic mass is 9.68. The molecular weight excluding hydrogens is 396 g/mol. The largest absolute Gasteiger partial charge is 0.324 e. The van der Waals surface area contributed by atoms with Crippen LogP contribution < -0.4 is 5.32 Å². The SMILES string of the molecule is Cc1ccc2c(c1)[C@]1(C(=O)N2)C(C(=O)c2ccccc2)C(c2ccccc2)C2CCCN21. The molecule has 0 aliphatic carbocycles. The molecule has 1 N–H and O–H groups in total. The Hall–Kier alpha value is -3.24. The van der Waals surface area contributed by atoms with Gasteiger partial charge >= 0.3 is 0 Å². The molecule has 1 spiro atoms. The van der Waals surface area contributed by atoms with E-state index in [2.05, 4.69) is 35.3 Å². The Balaban J connectivity index is 1.63. The Kier molecular flexibility index (Phi) is 4.34. The highest BCUT2D eigenvalue weighted by Gasteiger charge is 2.69. The molecule has 3 aromatic rings. The van der Waals surface area contributed by atoms with Crippen molar-refractivity contribution < 1.29 is 9.59 Å². The summed E-state index contributed by atoms with van der Waals surface area (Å²) in [6, 6.07) is 26.1. The predicted molar refractivity (Wildman–Crippen MR) is 125 cm³/mol. The molecule has 3 aliphatic rings. The molecule has 1 amide bonds. The van der Waals surface area contributed by atoms with Crippen LogP contribution in [0.4, 0.5) is 5.69 Å². The number of nitrogens with one attached hydrogen (secondary N) is 1. The van der Waals surface area contributed by atoms with E-state index < -0.39 is 11.5 Å². The molecule has 6 rings (SSSR count). The second-order valence-corrected chi connectivity index (χ2v) is 9.32. The van der Waals surface area contributed by atoms with Gasteiger partial charge in [0.2, 0.25) is 5.91 Å². The van der Waals surface area contributed by atoms with Crippen molar-refractivity contribution in [3.05, 3.63) is 101 Å². The molecule has 4 atom stereocenters. The highest BCUT2D eigenvalue weighted by atomic mass is 16.2. The van der Waals surface area contributed by atoms with E-state index in [0.717, 1.165) is 41.8 Å². The quantitative estimate of drug-likeness (QED) is 0.611. The number of nitrogens with zero attached hydrogens (tertiary/aromatic N) is 1. The lowest BCUT2D eigenvalue weighted by Crippen LogP contribution is -2.52. The fraction of sp³-hybridized carbons (Fsp3) is 0.286. The number of fused-ring (bicyclic) bond motifs is 4. The van der Waals surface area contributed by atoms with Crippen molar-refractivity contribution in [2.24, 2.45) is 5.92 Å². The third-order valence-corrected chi connectivity index (χ3v) is 7.68. The van der Waals surface area contributed by atoms with Gasteiger partial charge in [-0.25, -0.2) is 0 Å². The number of anilines is 1. The molecule has 4 heteroatoms. The standard InChI is InChI=1S/C28H26N2O2/c1-18-14-15-22-21(17-18)28(27(32)29-22)25(26(31)20-11-6-3-7-12-20)24(19-9-4-2-5-10-19)23-13-8-16-30(23)28/h2-7,9-12,14-15,17,23-25H,8,13,16H2,1H3,(H,29,32)/t23?,24?,25?,28-/m1/s1. The van der Waals surface area contributed by atoms with Gasteiger partial charge in [0.1, 0.15) is 5.54 Å². The molecule has 3 aliphatic heterocycles. The van der Waals surface area contributed by atoms with Crippen LogP contribution in [0.5, 0.6) is 0 Å². The molecule has 0 saturated carbocycles. The zero-order valence-electron chi connectivity index (χ0n) is 18.1. The van der Waals surface area contributed by atoms with E-state index in [1.54, 1.807) is 0 Å². The number of Topliss-reactive ketones (excluding diaryl/α,β-unsaturated/α-hetero) is 1. The number of hydrogen-bond donors (Lipinski definition) is 1. The second kappa shape index (κ2) is 7.14. The summed E-state index contributed by atoms with van der Waals surface area (Å²) < 4.78 is 0. The number of ketones is 1. The highest BCUT2D eigenvalue weighted by Crippen LogP contribution is 2.61. The normalized spacial score (nSPS) is 28.5. The Morgan fingerprint density at radius 2 is 1.72 bits per heavy atom. The second-order valence-electron chi connectivity index (χ2n) is 9.32. The Bertz CT molecular complexity index is 1210. The summed E-state index contributed by atoms with van der Waals surface area (Å²) in [5.74, 6) is -0.527. The van der Waals surface area contributed by atoms with Gasteiger partial charge in [-0.05, 0) is 37.9 Å². The van der Waals surface area contributed by atoms with Crippen LogP contribution in [0.1, 0.15) is 45.8 Å². The van der Waals surface area contributed by atoms with E-state index in [-0.39, 0.29) is 23.7 Å². The van der Waals surface area contributed by atoms with E-state index in [0.29, 0.717) is 5.56 Å². The Morgan fingerprint density at radius 1 is 1.00 bits per heavy atom.